The number of hydrogen-bond acceptors (Lipinski definition) is 2. The molecule has 0 aliphatic heterocycles. The highest BCUT2D eigenvalue weighted by Crippen LogP contribution is 2.21. The number of rotatable bonds is 4. The Hall–Kier alpha value is -1.45. The van der Waals surface area contributed by atoms with Crippen LogP contribution in [-0.2, 0) is 17.3 Å². The van der Waals surface area contributed by atoms with Gasteiger partial charge in [0.15, 0.2) is 0 Å². The average molecular weight is 273 g/mol. The maximum atomic E-state index is 12.7. The van der Waals surface area contributed by atoms with Gasteiger partial charge in [-0.2, -0.15) is 0 Å². The standard InChI is InChI=1S/C16H19NOS/c1-13-8-10-15(11-9-13)19(18)16-7-5-4-6-14(16)12-17(2)3/h4-11H,12H2,1-3H3/t19-/m0/s1. The summed E-state index contributed by atoms with van der Waals surface area (Å²) in [4.78, 5) is 3.85. The van der Waals surface area contributed by atoms with Crippen molar-refractivity contribution in [3.63, 3.8) is 0 Å². The van der Waals surface area contributed by atoms with E-state index in [2.05, 4.69) is 4.90 Å². The molecule has 0 fully saturated rings. The third-order valence-electron chi connectivity index (χ3n) is 2.89. The van der Waals surface area contributed by atoms with Gasteiger partial charge in [0.2, 0.25) is 0 Å². The predicted molar refractivity (Wildman–Crippen MR) is 79.7 cm³/mol. The first-order chi connectivity index (χ1) is 9.08. The molecule has 0 amide bonds. The lowest BCUT2D eigenvalue weighted by molar-refractivity contribution is 0.399. The molecule has 2 rings (SSSR count). The van der Waals surface area contributed by atoms with Crippen molar-refractivity contribution >= 4 is 10.8 Å². The largest absolute Gasteiger partial charge is 0.305 e. The minimum absolute atomic E-state index is 0.799. The lowest BCUT2D eigenvalue weighted by atomic mass is 10.2. The van der Waals surface area contributed by atoms with Gasteiger partial charge in [-0.25, -0.2) is 4.21 Å². The van der Waals surface area contributed by atoms with Gasteiger partial charge in [-0.05, 0) is 44.8 Å². The van der Waals surface area contributed by atoms with Gasteiger partial charge in [-0.15, -0.1) is 0 Å². The highest BCUT2D eigenvalue weighted by molar-refractivity contribution is 7.85. The first-order valence-corrected chi connectivity index (χ1v) is 7.44. The fourth-order valence-electron chi connectivity index (χ4n) is 1.94. The van der Waals surface area contributed by atoms with Crippen LogP contribution in [-0.4, -0.2) is 23.2 Å². The molecule has 0 heterocycles. The van der Waals surface area contributed by atoms with Crippen LogP contribution in [0.1, 0.15) is 11.1 Å². The van der Waals surface area contributed by atoms with E-state index < -0.39 is 10.8 Å². The number of aryl methyl sites for hydroxylation is 1. The summed E-state index contributed by atoms with van der Waals surface area (Å²) in [6, 6.07) is 15.8. The van der Waals surface area contributed by atoms with E-state index >= 15 is 0 Å². The molecule has 100 valence electrons. The molecule has 0 aliphatic rings. The molecule has 0 N–H and O–H groups in total. The highest BCUT2D eigenvalue weighted by Gasteiger charge is 2.11. The van der Waals surface area contributed by atoms with E-state index in [1.54, 1.807) is 0 Å². The van der Waals surface area contributed by atoms with E-state index in [9.17, 15) is 4.21 Å². The zero-order valence-corrected chi connectivity index (χ0v) is 12.4. The molecule has 2 aromatic rings. The van der Waals surface area contributed by atoms with Crippen LogP contribution in [0.2, 0.25) is 0 Å². The van der Waals surface area contributed by atoms with Gasteiger partial charge in [-0.3, -0.25) is 0 Å². The minimum atomic E-state index is -1.11. The number of benzene rings is 2. The lowest BCUT2D eigenvalue weighted by Crippen LogP contribution is -2.12. The third kappa shape index (κ3) is 3.52. The van der Waals surface area contributed by atoms with Crippen molar-refractivity contribution in [1.29, 1.82) is 0 Å². The van der Waals surface area contributed by atoms with E-state index in [1.807, 2.05) is 69.6 Å². The lowest BCUT2D eigenvalue weighted by Gasteiger charge is -2.13. The van der Waals surface area contributed by atoms with E-state index in [0.717, 1.165) is 21.9 Å². The van der Waals surface area contributed by atoms with Crippen LogP contribution in [0.5, 0.6) is 0 Å². The summed E-state index contributed by atoms with van der Waals surface area (Å²) in [6.45, 7) is 2.83. The Morgan fingerprint density at radius 1 is 1.00 bits per heavy atom. The smallest absolute Gasteiger partial charge is 0.0852 e. The van der Waals surface area contributed by atoms with Crippen LogP contribution in [0.25, 0.3) is 0 Å². The SMILES string of the molecule is Cc1ccc([S@](=O)c2ccccc2CN(C)C)cc1. The van der Waals surface area contributed by atoms with Crippen molar-refractivity contribution in [3.05, 3.63) is 59.7 Å². The second-order valence-corrected chi connectivity index (χ2v) is 6.38. The first kappa shape index (κ1) is 14.0. The predicted octanol–water partition coefficient (Wildman–Crippen LogP) is 3.22. The Kier molecular flexibility index (Phi) is 4.51. The second-order valence-electron chi connectivity index (χ2n) is 4.93. The second kappa shape index (κ2) is 6.13. The molecule has 0 unspecified atom stereocenters. The average Bonchev–Trinajstić information content (AvgIpc) is 2.39. The van der Waals surface area contributed by atoms with Gasteiger partial charge in [0.05, 0.1) is 10.8 Å². The maximum Gasteiger partial charge on any atom is 0.0852 e. The minimum Gasteiger partial charge on any atom is -0.305 e. The van der Waals surface area contributed by atoms with Crippen molar-refractivity contribution in [2.45, 2.75) is 23.3 Å². The van der Waals surface area contributed by atoms with Crippen molar-refractivity contribution in [3.8, 4) is 0 Å². The molecule has 0 saturated carbocycles. The molecule has 2 nitrogen and oxygen atoms in total. The van der Waals surface area contributed by atoms with Crippen molar-refractivity contribution in [2.24, 2.45) is 0 Å². The maximum absolute atomic E-state index is 12.7. The Bertz CT molecular complexity index is 576. The summed E-state index contributed by atoms with van der Waals surface area (Å²) in [7, 11) is 2.93. The quantitative estimate of drug-likeness (QED) is 0.852. The molecule has 3 heteroatoms. The van der Waals surface area contributed by atoms with Gasteiger partial charge in [0.1, 0.15) is 0 Å². The van der Waals surface area contributed by atoms with Gasteiger partial charge < -0.3 is 4.90 Å². The molecular formula is C16H19NOS. The van der Waals surface area contributed by atoms with E-state index in [0.29, 0.717) is 0 Å². The zero-order valence-electron chi connectivity index (χ0n) is 11.6. The third-order valence-corrected chi connectivity index (χ3v) is 4.39. The number of nitrogens with zero attached hydrogens (tertiary/aromatic N) is 1. The summed E-state index contributed by atoms with van der Waals surface area (Å²) >= 11 is 0. The molecule has 0 spiro atoms. The van der Waals surface area contributed by atoms with Crippen LogP contribution in [0.15, 0.2) is 58.3 Å². The van der Waals surface area contributed by atoms with Crippen molar-refractivity contribution in [2.75, 3.05) is 14.1 Å². The van der Waals surface area contributed by atoms with Crippen molar-refractivity contribution in [1.82, 2.24) is 4.90 Å². The normalized spacial score (nSPS) is 12.6. The van der Waals surface area contributed by atoms with Gasteiger partial charge in [0.25, 0.3) is 0 Å². The summed E-state index contributed by atoms with van der Waals surface area (Å²) in [6.07, 6.45) is 0. The fourth-order valence-corrected chi connectivity index (χ4v) is 3.15. The Labute approximate surface area is 117 Å². The summed E-state index contributed by atoms with van der Waals surface area (Å²) in [5.41, 5.74) is 2.30. The van der Waals surface area contributed by atoms with Crippen LogP contribution in [0.4, 0.5) is 0 Å². The summed E-state index contributed by atoms with van der Waals surface area (Å²) in [5, 5.41) is 0. The van der Waals surface area contributed by atoms with E-state index in [4.69, 9.17) is 0 Å². The monoisotopic (exact) mass is 273 g/mol. The highest BCUT2D eigenvalue weighted by atomic mass is 32.2. The topological polar surface area (TPSA) is 20.3 Å². The van der Waals surface area contributed by atoms with Crippen LogP contribution < -0.4 is 0 Å². The van der Waals surface area contributed by atoms with Gasteiger partial charge in [0, 0.05) is 16.3 Å². The van der Waals surface area contributed by atoms with E-state index in [-0.39, 0.29) is 0 Å². The molecule has 0 radical (unpaired) electrons. The molecule has 0 bridgehead atoms. The molecule has 1 atom stereocenters. The molecule has 0 saturated heterocycles. The van der Waals surface area contributed by atoms with Crippen LogP contribution in [0, 0.1) is 6.92 Å². The molecular weight excluding hydrogens is 254 g/mol. The summed E-state index contributed by atoms with van der Waals surface area (Å²) in [5.74, 6) is 0. The van der Waals surface area contributed by atoms with Gasteiger partial charge in [-0.1, -0.05) is 35.9 Å². The van der Waals surface area contributed by atoms with Gasteiger partial charge >= 0.3 is 0 Å². The molecule has 0 aromatic heterocycles. The van der Waals surface area contributed by atoms with Crippen LogP contribution >= 0.6 is 0 Å². The van der Waals surface area contributed by atoms with E-state index in [1.165, 1.54) is 5.56 Å². The number of hydrogen-bond donors (Lipinski definition) is 0. The molecule has 2 aromatic carbocycles. The Morgan fingerprint density at radius 3 is 2.26 bits per heavy atom. The fraction of sp³-hybridized carbons (Fsp3) is 0.250. The van der Waals surface area contributed by atoms with Crippen LogP contribution in [0.3, 0.4) is 0 Å². The molecule has 19 heavy (non-hydrogen) atoms. The Balaban J connectivity index is 2.35. The van der Waals surface area contributed by atoms with Crippen molar-refractivity contribution < 1.29 is 4.21 Å². The zero-order chi connectivity index (χ0) is 13.8. The molecule has 0 aliphatic carbocycles. The Morgan fingerprint density at radius 2 is 1.63 bits per heavy atom. The summed E-state index contributed by atoms with van der Waals surface area (Å²) < 4.78 is 12.7. The first-order valence-electron chi connectivity index (χ1n) is 6.29.